The van der Waals surface area contributed by atoms with Gasteiger partial charge in [-0.05, 0) is 76.5 Å². The van der Waals surface area contributed by atoms with E-state index in [4.69, 9.17) is 0 Å². The number of aromatic carboxylic acids is 1. The first kappa shape index (κ1) is 23.0. The van der Waals surface area contributed by atoms with Crippen molar-refractivity contribution >= 4 is 18.1 Å². The normalized spacial score (nSPS) is 16.5. The van der Waals surface area contributed by atoms with Gasteiger partial charge in [-0.1, -0.05) is 100 Å². The minimum Gasteiger partial charge on any atom is -0.478 e. The Kier molecular flexibility index (Phi) is 6.05. The van der Waals surface area contributed by atoms with Crippen LogP contribution in [0.3, 0.4) is 0 Å². The van der Waals surface area contributed by atoms with E-state index in [9.17, 15) is 9.90 Å². The van der Waals surface area contributed by atoms with Gasteiger partial charge in [-0.2, -0.15) is 0 Å². The van der Waals surface area contributed by atoms with Crippen molar-refractivity contribution in [1.29, 1.82) is 0 Å². The van der Waals surface area contributed by atoms with Gasteiger partial charge in [0.15, 0.2) is 0 Å². The highest BCUT2D eigenvalue weighted by molar-refractivity contribution is 5.93. The monoisotopic (exact) mass is 438 g/mol. The molecular weight excluding hydrogens is 404 g/mol. The van der Waals surface area contributed by atoms with Crippen molar-refractivity contribution < 1.29 is 9.90 Å². The van der Waals surface area contributed by atoms with Crippen LogP contribution in [0.25, 0.3) is 12.2 Å². The third-order valence-corrected chi connectivity index (χ3v) is 7.26. The highest BCUT2D eigenvalue weighted by Crippen LogP contribution is 2.47. The molecule has 0 saturated heterocycles. The maximum absolute atomic E-state index is 11.7. The van der Waals surface area contributed by atoms with Crippen molar-refractivity contribution in [3.8, 4) is 0 Å². The van der Waals surface area contributed by atoms with Gasteiger partial charge in [-0.3, -0.25) is 0 Å². The third kappa shape index (κ3) is 4.80. The van der Waals surface area contributed by atoms with Crippen molar-refractivity contribution in [1.82, 2.24) is 0 Å². The van der Waals surface area contributed by atoms with E-state index < -0.39 is 5.97 Å². The highest BCUT2D eigenvalue weighted by Gasteiger charge is 2.37. The summed E-state index contributed by atoms with van der Waals surface area (Å²) in [5.41, 5.74) is 9.18. The molecule has 1 N–H and O–H groups in total. The van der Waals surface area contributed by atoms with Crippen molar-refractivity contribution in [3.05, 3.63) is 105 Å². The van der Waals surface area contributed by atoms with Gasteiger partial charge in [0.05, 0.1) is 5.56 Å². The summed E-state index contributed by atoms with van der Waals surface area (Å²) < 4.78 is 0. The highest BCUT2D eigenvalue weighted by atomic mass is 16.4. The Morgan fingerprint density at radius 2 is 1.42 bits per heavy atom. The van der Waals surface area contributed by atoms with E-state index in [0.29, 0.717) is 5.56 Å². The van der Waals surface area contributed by atoms with Gasteiger partial charge in [0.2, 0.25) is 0 Å². The number of aryl methyl sites for hydroxylation is 1. The standard InChI is InChI=1S/C31H34O2/c1-21-10-12-22(13-11-21)18-25-20-28-27(30(2,3)16-17-31(28,4)5)19-24(25)15-14-23-8-6-7-9-26(23)29(32)33/h6-15,19-20H,16-18H2,1-5H3,(H,32,33)/b15-14+. The lowest BCUT2D eigenvalue weighted by molar-refractivity contribution is 0.0696. The number of carboxylic acid groups (broad SMARTS) is 1. The predicted molar refractivity (Wildman–Crippen MR) is 138 cm³/mol. The van der Waals surface area contributed by atoms with Gasteiger partial charge in [0.25, 0.3) is 0 Å². The molecule has 3 aromatic rings. The molecule has 2 heteroatoms. The zero-order chi connectivity index (χ0) is 23.8. The van der Waals surface area contributed by atoms with Crippen LogP contribution in [0.2, 0.25) is 0 Å². The minimum atomic E-state index is -0.900. The fourth-order valence-electron chi connectivity index (χ4n) is 4.93. The zero-order valence-electron chi connectivity index (χ0n) is 20.4. The first-order chi connectivity index (χ1) is 15.6. The van der Waals surface area contributed by atoms with Gasteiger partial charge in [0.1, 0.15) is 0 Å². The molecule has 3 aromatic carbocycles. The fourth-order valence-corrected chi connectivity index (χ4v) is 4.93. The molecule has 1 aliphatic rings. The molecule has 0 saturated carbocycles. The Bertz CT molecular complexity index is 1210. The summed E-state index contributed by atoms with van der Waals surface area (Å²) in [4.78, 5) is 11.7. The van der Waals surface area contributed by atoms with Crippen molar-refractivity contribution in [3.63, 3.8) is 0 Å². The molecule has 0 spiro atoms. The van der Waals surface area contributed by atoms with Gasteiger partial charge >= 0.3 is 5.97 Å². The van der Waals surface area contributed by atoms with Crippen LogP contribution in [-0.4, -0.2) is 11.1 Å². The fraction of sp³-hybridized carbons (Fsp3) is 0.323. The van der Waals surface area contributed by atoms with Crippen LogP contribution < -0.4 is 0 Å². The molecule has 0 radical (unpaired) electrons. The quantitative estimate of drug-likeness (QED) is 0.413. The van der Waals surface area contributed by atoms with Crippen LogP contribution >= 0.6 is 0 Å². The summed E-state index contributed by atoms with van der Waals surface area (Å²) >= 11 is 0. The predicted octanol–water partition coefficient (Wildman–Crippen LogP) is 7.80. The Labute approximate surface area is 198 Å². The summed E-state index contributed by atoms with van der Waals surface area (Å²) in [6.07, 6.45) is 7.24. The van der Waals surface area contributed by atoms with Crippen LogP contribution in [0.1, 0.15) is 89.8 Å². The summed E-state index contributed by atoms with van der Waals surface area (Å²) in [6, 6.07) is 20.7. The molecule has 0 amide bonds. The molecule has 170 valence electrons. The molecule has 0 fully saturated rings. The number of benzene rings is 3. The van der Waals surface area contributed by atoms with E-state index >= 15 is 0 Å². The molecule has 0 unspecified atom stereocenters. The van der Waals surface area contributed by atoms with Crippen LogP contribution in [0.4, 0.5) is 0 Å². The molecule has 1 aliphatic carbocycles. The number of hydrogen-bond acceptors (Lipinski definition) is 1. The van der Waals surface area contributed by atoms with Crippen LogP contribution in [0.5, 0.6) is 0 Å². The number of fused-ring (bicyclic) bond motifs is 1. The summed E-state index contributed by atoms with van der Waals surface area (Å²) in [5, 5.41) is 9.59. The first-order valence-electron chi connectivity index (χ1n) is 11.8. The lowest BCUT2D eigenvalue weighted by Gasteiger charge is -2.42. The summed E-state index contributed by atoms with van der Waals surface area (Å²) in [5.74, 6) is -0.900. The van der Waals surface area contributed by atoms with Gasteiger partial charge in [-0.15, -0.1) is 0 Å². The lowest BCUT2D eigenvalue weighted by atomic mass is 9.62. The SMILES string of the molecule is Cc1ccc(Cc2cc3c(cc2/C=C/c2ccccc2C(=O)O)C(C)(C)CCC3(C)C)cc1. The second kappa shape index (κ2) is 8.67. The molecule has 0 bridgehead atoms. The molecule has 0 heterocycles. The van der Waals surface area contributed by atoms with E-state index in [1.165, 1.54) is 39.8 Å². The number of hydrogen-bond donors (Lipinski definition) is 1. The molecule has 2 nitrogen and oxygen atoms in total. The Hall–Kier alpha value is -3.13. The first-order valence-corrected chi connectivity index (χ1v) is 11.8. The largest absolute Gasteiger partial charge is 0.478 e. The Morgan fingerprint density at radius 1 is 0.848 bits per heavy atom. The minimum absolute atomic E-state index is 0.120. The maximum atomic E-state index is 11.7. The summed E-state index contributed by atoms with van der Waals surface area (Å²) in [6.45, 7) is 11.5. The van der Waals surface area contributed by atoms with Crippen molar-refractivity contribution in [2.75, 3.05) is 0 Å². The van der Waals surface area contributed by atoms with Gasteiger partial charge < -0.3 is 5.11 Å². The van der Waals surface area contributed by atoms with E-state index in [0.717, 1.165) is 18.4 Å². The second-order valence-corrected chi connectivity index (χ2v) is 10.8. The smallest absolute Gasteiger partial charge is 0.336 e. The Balaban J connectivity index is 1.85. The molecule has 0 atom stereocenters. The second-order valence-electron chi connectivity index (χ2n) is 10.8. The molecule has 0 aromatic heterocycles. The molecule has 33 heavy (non-hydrogen) atoms. The van der Waals surface area contributed by atoms with Crippen LogP contribution in [-0.2, 0) is 17.3 Å². The molecular formula is C31H34O2. The van der Waals surface area contributed by atoms with Crippen LogP contribution in [0, 0.1) is 6.92 Å². The maximum Gasteiger partial charge on any atom is 0.336 e. The third-order valence-electron chi connectivity index (χ3n) is 7.26. The van der Waals surface area contributed by atoms with E-state index in [1.54, 1.807) is 12.1 Å². The van der Waals surface area contributed by atoms with E-state index in [1.807, 2.05) is 18.2 Å². The van der Waals surface area contributed by atoms with Crippen molar-refractivity contribution in [2.24, 2.45) is 0 Å². The lowest BCUT2D eigenvalue weighted by Crippen LogP contribution is -2.34. The van der Waals surface area contributed by atoms with E-state index in [-0.39, 0.29) is 10.8 Å². The van der Waals surface area contributed by atoms with E-state index in [2.05, 4.69) is 77.1 Å². The molecule has 0 aliphatic heterocycles. The number of carbonyl (C=O) groups is 1. The average molecular weight is 439 g/mol. The zero-order valence-corrected chi connectivity index (χ0v) is 20.4. The number of carboxylic acids is 1. The van der Waals surface area contributed by atoms with Crippen molar-refractivity contribution in [2.45, 2.75) is 64.7 Å². The molecule has 4 rings (SSSR count). The van der Waals surface area contributed by atoms with Gasteiger partial charge in [-0.25, -0.2) is 4.79 Å². The average Bonchev–Trinajstić information content (AvgIpc) is 2.77. The Morgan fingerprint density at radius 3 is 2.06 bits per heavy atom. The van der Waals surface area contributed by atoms with Crippen LogP contribution in [0.15, 0.2) is 60.7 Å². The number of rotatable bonds is 5. The topological polar surface area (TPSA) is 37.3 Å². The summed E-state index contributed by atoms with van der Waals surface area (Å²) in [7, 11) is 0. The van der Waals surface area contributed by atoms with Gasteiger partial charge in [0, 0.05) is 0 Å².